The fourth-order valence-electron chi connectivity index (χ4n) is 3.98. The topological polar surface area (TPSA) is 91.2 Å². The summed E-state index contributed by atoms with van der Waals surface area (Å²) in [7, 11) is 0. The monoisotopic (exact) mass is 403 g/mol. The Morgan fingerprint density at radius 1 is 1.17 bits per heavy atom. The van der Waals surface area contributed by atoms with Crippen molar-refractivity contribution in [1.29, 1.82) is 5.26 Å². The Kier molecular flexibility index (Phi) is 6.22. The first-order valence-corrected chi connectivity index (χ1v) is 10.4. The van der Waals surface area contributed by atoms with Crippen LogP contribution in [0.25, 0.3) is 11.1 Å². The van der Waals surface area contributed by atoms with Crippen molar-refractivity contribution < 1.29 is 14.3 Å². The van der Waals surface area contributed by atoms with Gasteiger partial charge in [0.2, 0.25) is 0 Å². The van der Waals surface area contributed by atoms with Crippen LogP contribution in [0.1, 0.15) is 23.1 Å². The van der Waals surface area contributed by atoms with Crippen molar-refractivity contribution in [2.75, 3.05) is 19.7 Å². The summed E-state index contributed by atoms with van der Waals surface area (Å²) in [4.78, 5) is 24.1. The Morgan fingerprint density at radius 3 is 2.73 bits per heavy atom. The van der Waals surface area contributed by atoms with Crippen LogP contribution >= 0.6 is 0 Å². The smallest absolute Gasteiger partial charge is 0.251 e. The van der Waals surface area contributed by atoms with Gasteiger partial charge in [0.15, 0.2) is 0 Å². The summed E-state index contributed by atoms with van der Waals surface area (Å²) in [6, 6.07) is 15.7. The number of ketones is 1. The summed E-state index contributed by atoms with van der Waals surface area (Å²) in [6.45, 7) is 1.84. The van der Waals surface area contributed by atoms with E-state index in [0.717, 1.165) is 40.8 Å². The van der Waals surface area contributed by atoms with E-state index in [1.165, 1.54) is 0 Å². The van der Waals surface area contributed by atoms with Gasteiger partial charge in [-0.15, -0.1) is 0 Å². The van der Waals surface area contributed by atoms with Crippen LogP contribution in [0.15, 0.2) is 42.5 Å². The number of ether oxygens (including phenoxy) is 1. The largest absolute Gasteiger partial charge is 0.367 e. The van der Waals surface area contributed by atoms with Crippen molar-refractivity contribution in [3.63, 3.8) is 0 Å². The second kappa shape index (κ2) is 9.21. The minimum atomic E-state index is -0.610. The molecule has 6 nitrogen and oxygen atoms in total. The zero-order chi connectivity index (χ0) is 20.9. The number of hydrogen-bond donors (Lipinski definition) is 2. The van der Waals surface area contributed by atoms with Gasteiger partial charge in [0, 0.05) is 32.4 Å². The Hall–Kier alpha value is -3.01. The van der Waals surface area contributed by atoms with E-state index < -0.39 is 12.1 Å². The second-order valence-corrected chi connectivity index (χ2v) is 7.88. The first kappa shape index (κ1) is 20.3. The summed E-state index contributed by atoms with van der Waals surface area (Å²) in [6.07, 6.45) is 1.81. The van der Waals surface area contributed by atoms with Crippen molar-refractivity contribution in [1.82, 2.24) is 10.6 Å². The number of fused-ring (bicyclic) bond motifs is 1. The maximum absolute atomic E-state index is 12.4. The van der Waals surface area contributed by atoms with Crippen LogP contribution in [-0.2, 0) is 33.6 Å². The van der Waals surface area contributed by atoms with Gasteiger partial charge in [-0.2, -0.15) is 5.26 Å². The Morgan fingerprint density at radius 2 is 1.93 bits per heavy atom. The van der Waals surface area contributed by atoms with Gasteiger partial charge in [0.25, 0.3) is 5.91 Å². The highest BCUT2D eigenvalue weighted by molar-refractivity contribution is 5.88. The third-order valence-corrected chi connectivity index (χ3v) is 5.62. The molecule has 1 saturated heterocycles. The van der Waals surface area contributed by atoms with E-state index >= 15 is 0 Å². The third kappa shape index (κ3) is 4.76. The Labute approximate surface area is 176 Å². The molecule has 0 aromatic heterocycles. The van der Waals surface area contributed by atoms with Crippen molar-refractivity contribution in [2.24, 2.45) is 0 Å². The lowest BCUT2D eigenvalue weighted by molar-refractivity contribution is -0.132. The van der Waals surface area contributed by atoms with Gasteiger partial charge < -0.3 is 15.4 Å². The van der Waals surface area contributed by atoms with Gasteiger partial charge in [0.1, 0.15) is 17.9 Å². The Balaban J connectivity index is 1.39. The lowest BCUT2D eigenvalue weighted by atomic mass is 9.98. The van der Waals surface area contributed by atoms with E-state index in [1.807, 2.05) is 36.4 Å². The SMILES string of the molecule is N#C[C@H](Cc1ccc(-c2ccc3c(c2)CC(=O)C3)cc1)NC(=O)[C@@H]1CNCCCO1. The van der Waals surface area contributed by atoms with Gasteiger partial charge in [-0.3, -0.25) is 9.59 Å². The highest BCUT2D eigenvalue weighted by atomic mass is 16.5. The maximum atomic E-state index is 12.4. The zero-order valence-corrected chi connectivity index (χ0v) is 16.8. The Bertz CT molecular complexity index is 970. The molecule has 0 radical (unpaired) electrons. The number of rotatable bonds is 5. The van der Waals surface area contributed by atoms with Crippen LogP contribution in [0.4, 0.5) is 0 Å². The molecule has 1 fully saturated rings. The van der Waals surface area contributed by atoms with Crippen LogP contribution in [-0.4, -0.2) is 43.5 Å². The molecule has 2 aromatic rings. The summed E-state index contributed by atoms with van der Waals surface area (Å²) < 4.78 is 5.56. The number of hydrogen-bond acceptors (Lipinski definition) is 5. The van der Waals surface area contributed by atoms with Crippen LogP contribution in [0.3, 0.4) is 0 Å². The standard InChI is InChI=1S/C24H25N3O3/c25-14-21(27-24(29)23-15-26-8-1-9-30-23)10-16-2-4-17(5-3-16)18-6-7-19-12-22(28)13-20(19)11-18/h2-7,11,21,23,26H,1,8-10,12-13,15H2,(H,27,29)/t21-,23-/m0/s1. The quantitative estimate of drug-likeness (QED) is 0.796. The van der Waals surface area contributed by atoms with Gasteiger partial charge in [-0.05, 0) is 40.8 Å². The normalized spacial score (nSPS) is 19.4. The van der Waals surface area contributed by atoms with Crippen molar-refractivity contribution in [3.05, 3.63) is 59.2 Å². The number of benzene rings is 2. The van der Waals surface area contributed by atoms with Crippen LogP contribution in [0, 0.1) is 11.3 Å². The van der Waals surface area contributed by atoms with E-state index in [-0.39, 0.29) is 11.7 Å². The van der Waals surface area contributed by atoms with Crippen molar-refractivity contribution in [2.45, 2.75) is 37.8 Å². The minimum absolute atomic E-state index is 0.250. The van der Waals surface area contributed by atoms with Crippen LogP contribution < -0.4 is 10.6 Å². The predicted molar refractivity (Wildman–Crippen MR) is 113 cm³/mol. The van der Waals surface area contributed by atoms with Gasteiger partial charge in [-0.25, -0.2) is 0 Å². The average Bonchev–Trinajstić information content (AvgIpc) is 2.94. The fraction of sp³-hybridized carbons (Fsp3) is 0.375. The molecule has 4 rings (SSSR count). The summed E-state index contributed by atoms with van der Waals surface area (Å²) in [5.41, 5.74) is 5.36. The molecule has 0 bridgehead atoms. The highest BCUT2D eigenvalue weighted by Gasteiger charge is 2.23. The second-order valence-electron chi connectivity index (χ2n) is 7.88. The summed E-state index contributed by atoms with van der Waals surface area (Å²) >= 11 is 0. The van der Waals surface area contributed by atoms with Crippen molar-refractivity contribution >= 4 is 11.7 Å². The van der Waals surface area contributed by atoms with E-state index in [2.05, 4.69) is 22.8 Å². The molecule has 1 amide bonds. The molecule has 2 N–H and O–H groups in total. The fourth-order valence-corrected chi connectivity index (χ4v) is 3.98. The lowest BCUT2D eigenvalue weighted by Gasteiger charge is -2.18. The molecule has 2 atom stereocenters. The first-order chi connectivity index (χ1) is 14.6. The van der Waals surface area contributed by atoms with E-state index in [9.17, 15) is 14.9 Å². The molecule has 1 heterocycles. The first-order valence-electron chi connectivity index (χ1n) is 10.4. The zero-order valence-electron chi connectivity index (χ0n) is 16.8. The molecule has 1 aliphatic carbocycles. The molecule has 154 valence electrons. The van der Waals surface area contributed by atoms with E-state index in [0.29, 0.717) is 32.4 Å². The predicted octanol–water partition coefficient (Wildman–Crippen LogP) is 1.95. The molecule has 6 heteroatoms. The number of Topliss-reactive ketones (excluding diaryl/α,β-unsaturated/α-hetero) is 1. The molecular formula is C24H25N3O3. The van der Waals surface area contributed by atoms with Gasteiger partial charge in [-0.1, -0.05) is 42.5 Å². The number of amides is 1. The molecule has 1 aliphatic heterocycles. The maximum Gasteiger partial charge on any atom is 0.251 e. The van der Waals surface area contributed by atoms with Crippen molar-refractivity contribution in [3.8, 4) is 17.2 Å². The highest BCUT2D eigenvalue weighted by Crippen LogP contribution is 2.27. The van der Waals surface area contributed by atoms with Gasteiger partial charge in [0.05, 0.1) is 6.07 Å². The molecular weight excluding hydrogens is 378 g/mol. The number of carbonyl (C=O) groups is 2. The molecule has 0 saturated carbocycles. The molecule has 0 spiro atoms. The number of carbonyl (C=O) groups excluding carboxylic acids is 2. The van der Waals surface area contributed by atoms with E-state index in [4.69, 9.17) is 4.74 Å². The number of nitrogens with zero attached hydrogens (tertiary/aromatic N) is 1. The molecule has 2 aliphatic rings. The lowest BCUT2D eigenvalue weighted by Crippen LogP contribution is -2.46. The summed E-state index contributed by atoms with van der Waals surface area (Å²) in [5, 5.41) is 15.5. The van der Waals surface area contributed by atoms with Crippen LogP contribution in [0.2, 0.25) is 0 Å². The minimum Gasteiger partial charge on any atom is -0.367 e. The molecule has 0 unspecified atom stereocenters. The molecule has 30 heavy (non-hydrogen) atoms. The average molecular weight is 403 g/mol. The third-order valence-electron chi connectivity index (χ3n) is 5.62. The van der Waals surface area contributed by atoms with Crippen LogP contribution in [0.5, 0.6) is 0 Å². The van der Waals surface area contributed by atoms with Gasteiger partial charge >= 0.3 is 0 Å². The van der Waals surface area contributed by atoms with E-state index in [1.54, 1.807) is 0 Å². The summed E-state index contributed by atoms with van der Waals surface area (Å²) in [5.74, 6) is 0.0207. The molecule has 2 aromatic carbocycles. The number of nitrogens with one attached hydrogen (secondary N) is 2. The number of nitriles is 1.